The number of rotatable bonds is 5. The quantitative estimate of drug-likeness (QED) is 0.522. The predicted octanol–water partition coefficient (Wildman–Crippen LogP) is 3.94. The van der Waals surface area contributed by atoms with Crippen LogP contribution in [0.2, 0.25) is 0 Å². The smallest absolute Gasteiger partial charge is 0.274 e. The third-order valence-corrected chi connectivity index (χ3v) is 6.58. The Morgan fingerprint density at radius 2 is 2.00 bits per heavy atom. The van der Waals surface area contributed by atoms with Gasteiger partial charge < -0.3 is 20.1 Å². The van der Waals surface area contributed by atoms with Gasteiger partial charge in [-0.3, -0.25) is 9.78 Å². The summed E-state index contributed by atoms with van der Waals surface area (Å²) < 4.78 is 44.5. The average molecular weight is 473 g/mol. The second kappa shape index (κ2) is 8.06. The second-order valence-electron chi connectivity index (χ2n) is 9.62. The van der Waals surface area contributed by atoms with Crippen LogP contribution in [-0.2, 0) is 5.60 Å². The molecule has 1 saturated heterocycles. The maximum absolute atomic E-state index is 15.7. The van der Waals surface area contributed by atoms with Gasteiger partial charge in [0.15, 0.2) is 11.5 Å². The van der Waals surface area contributed by atoms with Crippen LogP contribution >= 0.6 is 0 Å². The van der Waals surface area contributed by atoms with Crippen molar-refractivity contribution in [3.05, 3.63) is 59.1 Å². The number of anilines is 1. The zero-order valence-electron chi connectivity index (χ0n) is 18.9. The summed E-state index contributed by atoms with van der Waals surface area (Å²) >= 11 is 0. The van der Waals surface area contributed by atoms with Gasteiger partial charge in [-0.15, -0.1) is 0 Å². The van der Waals surface area contributed by atoms with E-state index in [1.54, 1.807) is 6.20 Å². The molecule has 180 valence electrons. The van der Waals surface area contributed by atoms with Gasteiger partial charge in [0, 0.05) is 36.5 Å². The van der Waals surface area contributed by atoms with Crippen LogP contribution in [0, 0.1) is 5.82 Å². The molecule has 0 radical (unpaired) electrons. The van der Waals surface area contributed by atoms with Gasteiger partial charge in [0.1, 0.15) is 5.69 Å². The van der Waals surface area contributed by atoms with E-state index >= 15 is 4.39 Å². The van der Waals surface area contributed by atoms with Crippen LogP contribution in [-0.4, -0.2) is 44.4 Å². The highest BCUT2D eigenvalue weighted by Gasteiger charge is 2.58. The van der Waals surface area contributed by atoms with Crippen LogP contribution in [0.25, 0.3) is 5.65 Å². The van der Waals surface area contributed by atoms with E-state index in [2.05, 4.69) is 20.6 Å². The number of imidazole rings is 1. The number of alkyl halides is 2. The van der Waals surface area contributed by atoms with E-state index < -0.39 is 29.2 Å². The molecule has 3 aromatic rings. The summed E-state index contributed by atoms with van der Waals surface area (Å²) in [5.74, 6) is -5.26. The standard InChI is InChI=1S/C24H26F3N5O2/c1-23(2,34)18-17(31-22(33)20-14(4-3-7-29-20)15-10-24(15,26)27)12-32-11-16(30-21(32)19(18)25)13-5-8-28-9-6-13/h3-4,7,11-13,15,28,34H,5-6,8-10H2,1-2H3,(H,31,33). The molecule has 0 aromatic carbocycles. The van der Waals surface area contributed by atoms with Gasteiger partial charge in [-0.25, -0.2) is 18.2 Å². The molecule has 0 spiro atoms. The lowest BCUT2D eigenvalue weighted by Crippen LogP contribution is -2.26. The predicted molar refractivity (Wildman–Crippen MR) is 120 cm³/mol. The Labute approximate surface area is 194 Å². The van der Waals surface area contributed by atoms with Gasteiger partial charge in [-0.05, 0) is 51.4 Å². The van der Waals surface area contributed by atoms with Gasteiger partial charge in [0.05, 0.1) is 22.9 Å². The lowest BCUT2D eigenvalue weighted by molar-refractivity contribution is 0.0753. The molecule has 2 fully saturated rings. The molecule has 7 nitrogen and oxygen atoms in total. The first kappa shape index (κ1) is 22.8. The number of piperidine rings is 1. The average Bonchev–Trinajstić information content (AvgIpc) is 3.21. The van der Waals surface area contributed by atoms with E-state index in [0.29, 0.717) is 0 Å². The summed E-state index contributed by atoms with van der Waals surface area (Å²) in [4.78, 5) is 21.6. The summed E-state index contributed by atoms with van der Waals surface area (Å²) in [6, 6.07) is 2.96. The number of pyridine rings is 2. The van der Waals surface area contributed by atoms with Crippen molar-refractivity contribution in [1.29, 1.82) is 0 Å². The zero-order valence-corrected chi connectivity index (χ0v) is 18.9. The van der Waals surface area contributed by atoms with Gasteiger partial charge in [0.25, 0.3) is 11.8 Å². The van der Waals surface area contributed by atoms with Gasteiger partial charge in [-0.2, -0.15) is 0 Å². The van der Waals surface area contributed by atoms with Crippen LogP contribution in [0.1, 0.15) is 72.3 Å². The molecule has 1 aliphatic heterocycles. The largest absolute Gasteiger partial charge is 0.386 e. The minimum Gasteiger partial charge on any atom is -0.386 e. The van der Waals surface area contributed by atoms with E-state index in [1.165, 1.54) is 42.8 Å². The van der Waals surface area contributed by atoms with E-state index in [0.717, 1.165) is 31.6 Å². The lowest BCUT2D eigenvalue weighted by Gasteiger charge is -2.23. The summed E-state index contributed by atoms with van der Waals surface area (Å²) in [5.41, 5.74) is -0.958. The van der Waals surface area contributed by atoms with E-state index in [4.69, 9.17) is 0 Å². The van der Waals surface area contributed by atoms with Crippen molar-refractivity contribution in [3.63, 3.8) is 0 Å². The van der Waals surface area contributed by atoms with Crippen molar-refractivity contribution in [3.8, 4) is 0 Å². The Kier molecular flexibility index (Phi) is 5.40. The molecule has 1 amide bonds. The Hall–Kier alpha value is -2.98. The van der Waals surface area contributed by atoms with Crippen LogP contribution in [0.5, 0.6) is 0 Å². The second-order valence-corrected chi connectivity index (χ2v) is 9.62. The van der Waals surface area contributed by atoms with Crippen LogP contribution in [0.3, 0.4) is 0 Å². The van der Waals surface area contributed by atoms with Crippen molar-refractivity contribution in [2.24, 2.45) is 0 Å². The highest BCUT2D eigenvalue weighted by molar-refractivity contribution is 6.04. The molecule has 1 unspecified atom stereocenters. The highest BCUT2D eigenvalue weighted by Crippen LogP contribution is 2.56. The number of hydrogen-bond acceptors (Lipinski definition) is 5. The van der Waals surface area contributed by atoms with E-state index in [9.17, 15) is 18.7 Å². The minimum atomic E-state index is -2.87. The first-order valence-electron chi connectivity index (χ1n) is 11.3. The molecule has 4 heterocycles. The summed E-state index contributed by atoms with van der Waals surface area (Å²) in [5, 5.41) is 16.6. The number of nitrogens with zero attached hydrogens (tertiary/aromatic N) is 3. The highest BCUT2D eigenvalue weighted by atomic mass is 19.3. The molecule has 10 heteroatoms. The number of aliphatic hydroxyl groups is 1. The van der Waals surface area contributed by atoms with Crippen LogP contribution in [0.15, 0.2) is 30.7 Å². The number of carbonyl (C=O) groups excluding carboxylic acids is 1. The number of carbonyl (C=O) groups is 1. The molecular formula is C24H26F3N5O2. The normalized spacial score (nSPS) is 20.5. The van der Waals surface area contributed by atoms with Crippen molar-refractivity contribution in [2.45, 2.75) is 56.5 Å². The fraction of sp³-hybridized carbons (Fsp3) is 0.458. The fourth-order valence-corrected chi connectivity index (χ4v) is 4.74. The SMILES string of the molecule is CC(C)(O)c1c(NC(=O)c2ncccc2C2CC2(F)F)cn2cc(C3CCNCC3)nc2c1F. The molecule has 5 rings (SSSR count). The third-order valence-electron chi connectivity index (χ3n) is 6.58. The Bertz CT molecular complexity index is 1260. The molecule has 3 N–H and O–H groups in total. The minimum absolute atomic E-state index is 0.0240. The van der Waals surface area contributed by atoms with Gasteiger partial charge in [0.2, 0.25) is 0 Å². The van der Waals surface area contributed by atoms with Crippen molar-refractivity contribution in [1.82, 2.24) is 19.7 Å². The maximum Gasteiger partial charge on any atom is 0.274 e. The number of hydrogen-bond donors (Lipinski definition) is 3. The molecule has 1 aliphatic carbocycles. The number of nitrogens with one attached hydrogen (secondary N) is 2. The number of amides is 1. The fourth-order valence-electron chi connectivity index (χ4n) is 4.74. The molecule has 2 aliphatic rings. The summed E-state index contributed by atoms with van der Waals surface area (Å²) in [6.07, 6.45) is 5.98. The maximum atomic E-state index is 15.7. The van der Waals surface area contributed by atoms with Gasteiger partial charge in [-0.1, -0.05) is 6.07 Å². The molecular weight excluding hydrogens is 447 g/mol. The lowest BCUT2D eigenvalue weighted by atomic mass is 9.95. The first-order chi connectivity index (χ1) is 16.1. The Balaban J connectivity index is 1.54. The molecule has 3 aromatic heterocycles. The van der Waals surface area contributed by atoms with E-state index in [-0.39, 0.29) is 40.5 Å². The summed E-state index contributed by atoms with van der Waals surface area (Å²) in [7, 11) is 0. The number of aromatic nitrogens is 3. The molecule has 0 bridgehead atoms. The third kappa shape index (κ3) is 4.05. The monoisotopic (exact) mass is 473 g/mol. The van der Waals surface area contributed by atoms with Crippen molar-refractivity contribution >= 4 is 17.2 Å². The van der Waals surface area contributed by atoms with Crippen molar-refractivity contribution < 1.29 is 23.1 Å². The zero-order chi connectivity index (χ0) is 24.3. The molecule has 34 heavy (non-hydrogen) atoms. The summed E-state index contributed by atoms with van der Waals surface area (Å²) in [6.45, 7) is 4.52. The Morgan fingerprint density at radius 3 is 2.65 bits per heavy atom. The van der Waals surface area contributed by atoms with Crippen LogP contribution in [0.4, 0.5) is 18.9 Å². The molecule has 1 atom stereocenters. The van der Waals surface area contributed by atoms with Gasteiger partial charge >= 0.3 is 0 Å². The van der Waals surface area contributed by atoms with E-state index in [1.807, 2.05) is 0 Å². The van der Waals surface area contributed by atoms with Crippen LogP contribution < -0.4 is 10.6 Å². The number of fused-ring (bicyclic) bond motifs is 1. The first-order valence-corrected chi connectivity index (χ1v) is 11.3. The van der Waals surface area contributed by atoms with Crippen molar-refractivity contribution in [2.75, 3.05) is 18.4 Å². The topological polar surface area (TPSA) is 91.5 Å². The number of halogens is 3. The molecule has 1 saturated carbocycles. The Morgan fingerprint density at radius 1 is 1.29 bits per heavy atom.